The van der Waals surface area contributed by atoms with Crippen molar-refractivity contribution < 1.29 is 18.0 Å². The van der Waals surface area contributed by atoms with Crippen LogP contribution in [-0.2, 0) is 19.1 Å². The van der Waals surface area contributed by atoms with Crippen LogP contribution < -0.4 is 5.32 Å². The summed E-state index contributed by atoms with van der Waals surface area (Å²) < 4.78 is 39.2. The first kappa shape index (κ1) is 14.6. The van der Waals surface area contributed by atoms with E-state index in [1.165, 1.54) is 0 Å². The zero-order chi connectivity index (χ0) is 15.7. The second-order valence-corrected chi connectivity index (χ2v) is 5.14. The number of nitrogens with one attached hydrogen (secondary N) is 1. The number of amides is 1. The molecule has 0 aromatic carbocycles. The second-order valence-electron chi connectivity index (χ2n) is 5.14. The topological polar surface area (TPSA) is 59.8 Å². The van der Waals surface area contributed by atoms with Crippen molar-refractivity contribution in [2.24, 2.45) is 0 Å². The molecular formula is C14H13F3N4O. The van der Waals surface area contributed by atoms with Gasteiger partial charge in [-0.25, -0.2) is 0 Å². The number of carbonyl (C=O) groups excluding carboxylic acids is 1. The number of aryl methyl sites for hydroxylation is 1. The number of pyridine rings is 1. The van der Waals surface area contributed by atoms with E-state index in [0.29, 0.717) is 13.0 Å². The van der Waals surface area contributed by atoms with Crippen molar-refractivity contribution in [2.45, 2.75) is 31.6 Å². The number of aromatic nitrogens is 3. The van der Waals surface area contributed by atoms with Crippen molar-refractivity contribution in [1.82, 2.24) is 20.1 Å². The van der Waals surface area contributed by atoms with Gasteiger partial charge in [0.1, 0.15) is 5.69 Å². The van der Waals surface area contributed by atoms with Crippen LogP contribution in [0, 0.1) is 0 Å². The van der Waals surface area contributed by atoms with Gasteiger partial charge in [-0.15, -0.1) is 0 Å². The molecule has 8 heteroatoms. The molecule has 0 aliphatic carbocycles. The van der Waals surface area contributed by atoms with Gasteiger partial charge in [0.15, 0.2) is 0 Å². The Labute approximate surface area is 124 Å². The quantitative estimate of drug-likeness (QED) is 0.923. The molecule has 0 bridgehead atoms. The van der Waals surface area contributed by atoms with Crippen molar-refractivity contribution >= 4 is 5.91 Å². The van der Waals surface area contributed by atoms with E-state index >= 15 is 0 Å². The van der Waals surface area contributed by atoms with Crippen LogP contribution in [0.1, 0.15) is 28.2 Å². The summed E-state index contributed by atoms with van der Waals surface area (Å²) in [7, 11) is 0. The highest BCUT2D eigenvalue weighted by atomic mass is 19.4. The Morgan fingerprint density at radius 3 is 2.82 bits per heavy atom. The number of nitrogens with zero attached hydrogens (tertiary/aromatic N) is 3. The fourth-order valence-electron chi connectivity index (χ4n) is 2.46. The van der Waals surface area contributed by atoms with Gasteiger partial charge in [0, 0.05) is 37.1 Å². The van der Waals surface area contributed by atoms with E-state index in [4.69, 9.17) is 0 Å². The largest absolute Gasteiger partial charge is 0.433 e. The monoisotopic (exact) mass is 310 g/mol. The third-order valence-corrected chi connectivity index (χ3v) is 3.60. The number of fused-ring (bicyclic) bond motifs is 1. The number of hydrogen-bond donors (Lipinski definition) is 1. The van der Waals surface area contributed by atoms with Crippen molar-refractivity contribution in [3.63, 3.8) is 0 Å². The van der Waals surface area contributed by atoms with Crippen LogP contribution in [0.25, 0.3) is 0 Å². The fraction of sp³-hybridized carbons (Fsp3) is 0.357. The summed E-state index contributed by atoms with van der Waals surface area (Å²) in [5.74, 6) is -0.417. The molecule has 116 valence electrons. The second kappa shape index (κ2) is 5.43. The standard InChI is InChI=1S/C14H13F3N4O/c15-14(16,17)12-2-1-9(8-18-12)13(22)20-10-4-6-21-11(7-10)3-5-19-21/h1-3,5,8,10H,4,6-7H2,(H,20,22)/t10-/m0/s1. The molecule has 1 N–H and O–H groups in total. The van der Waals surface area contributed by atoms with Crippen LogP contribution in [0.15, 0.2) is 30.6 Å². The van der Waals surface area contributed by atoms with Gasteiger partial charge in [-0.2, -0.15) is 18.3 Å². The van der Waals surface area contributed by atoms with E-state index in [-0.39, 0.29) is 11.6 Å². The lowest BCUT2D eigenvalue weighted by Gasteiger charge is -2.24. The zero-order valence-corrected chi connectivity index (χ0v) is 11.5. The number of rotatable bonds is 2. The van der Waals surface area contributed by atoms with Crippen LogP contribution in [0.2, 0.25) is 0 Å². The summed E-state index contributed by atoms with van der Waals surface area (Å²) in [6.45, 7) is 0.707. The van der Waals surface area contributed by atoms with Gasteiger partial charge >= 0.3 is 6.18 Å². The molecule has 0 unspecified atom stereocenters. The van der Waals surface area contributed by atoms with Gasteiger partial charge in [0.2, 0.25) is 0 Å². The Bertz CT molecular complexity index is 678. The summed E-state index contributed by atoms with van der Waals surface area (Å²) >= 11 is 0. The molecule has 0 spiro atoms. The van der Waals surface area contributed by atoms with Crippen LogP contribution >= 0.6 is 0 Å². The molecule has 22 heavy (non-hydrogen) atoms. The molecule has 1 aliphatic heterocycles. The van der Waals surface area contributed by atoms with E-state index in [1.54, 1.807) is 6.20 Å². The summed E-state index contributed by atoms with van der Waals surface area (Å²) in [6.07, 6.45) is -0.463. The van der Waals surface area contributed by atoms with Crippen molar-refractivity contribution in [2.75, 3.05) is 0 Å². The molecule has 0 radical (unpaired) electrons. The highest BCUT2D eigenvalue weighted by Gasteiger charge is 2.32. The zero-order valence-electron chi connectivity index (χ0n) is 11.5. The van der Waals surface area contributed by atoms with Gasteiger partial charge in [-0.05, 0) is 24.6 Å². The Morgan fingerprint density at radius 2 is 2.14 bits per heavy atom. The SMILES string of the molecule is O=C(N[C@H]1CCn2nccc2C1)c1ccc(C(F)(F)F)nc1. The molecule has 2 aromatic rings. The van der Waals surface area contributed by atoms with Crippen molar-refractivity contribution in [1.29, 1.82) is 0 Å². The maximum atomic E-state index is 12.4. The van der Waals surface area contributed by atoms with Crippen LogP contribution in [0.5, 0.6) is 0 Å². The molecule has 0 fully saturated rings. The highest BCUT2D eigenvalue weighted by molar-refractivity contribution is 5.94. The van der Waals surface area contributed by atoms with Crippen LogP contribution in [-0.4, -0.2) is 26.7 Å². The predicted molar refractivity (Wildman–Crippen MR) is 71.0 cm³/mol. The molecule has 3 rings (SSSR count). The number of alkyl halides is 3. The van der Waals surface area contributed by atoms with Crippen molar-refractivity contribution in [3.05, 3.63) is 47.5 Å². The average Bonchev–Trinajstić information content (AvgIpc) is 2.94. The first-order valence-corrected chi connectivity index (χ1v) is 6.78. The third kappa shape index (κ3) is 2.95. The molecule has 1 aliphatic rings. The molecule has 0 saturated carbocycles. The molecule has 3 heterocycles. The Balaban J connectivity index is 1.65. The summed E-state index contributed by atoms with van der Waals surface area (Å²) in [5, 5.41) is 6.97. The predicted octanol–water partition coefficient (Wildman–Crippen LogP) is 2.04. The van der Waals surface area contributed by atoms with E-state index in [2.05, 4.69) is 15.4 Å². The summed E-state index contributed by atoms with van der Waals surface area (Å²) in [4.78, 5) is 15.4. The molecule has 1 atom stereocenters. The van der Waals surface area contributed by atoms with E-state index in [1.807, 2.05) is 10.7 Å². The van der Waals surface area contributed by atoms with Crippen LogP contribution in [0.4, 0.5) is 13.2 Å². The maximum Gasteiger partial charge on any atom is 0.433 e. The highest BCUT2D eigenvalue weighted by Crippen LogP contribution is 2.27. The molecule has 0 saturated heterocycles. The van der Waals surface area contributed by atoms with Gasteiger partial charge in [0.05, 0.1) is 5.56 Å². The lowest BCUT2D eigenvalue weighted by Crippen LogP contribution is -2.40. The fourth-order valence-corrected chi connectivity index (χ4v) is 2.46. The molecule has 5 nitrogen and oxygen atoms in total. The third-order valence-electron chi connectivity index (χ3n) is 3.60. The first-order valence-electron chi connectivity index (χ1n) is 6.78. The molecule has 2 aromatic heterocycles. The minimum atomic E-state index is -4.50. The summed E-state index contributed by atoms with van der Waals surface area (Å²) in [5.41, 5.74) is 0.139. The Hall–Kier alpha value is -2.38. The Kier molecular flexibility index (Phi) is 3.59. The van der Waals surface area contributed by atoms with Crippen molar-refractivity contribution in [3.8, 4) is 0 Å². The minimum Gasteiger partial charge on any atom is -0.349 e. The molecular weight excluding hydrogens is 297 g/mol. The average molecular weight is 310 g/mol. The normalized spacial score (nSPS) is 17.9. The first-order chi connectivity index (χ1) is 10.4. The number of carbonyl (C=O) groups is 1. The van der Waals surface area contributed by atoms with E-state index in [0.717, 1.165) is 30.4 Å². The van der Waals surface area contributed by atoms with E-state index < -0.39 is 17.8 Å². The van der Waals surface area contributed by atoms with E-state index in [9.17, 15) is 18.0 Å². The van der Waals surface area contributed by atoms with Gasteiger partial charge in [-0.1, -0.05) is 0 Å². The number of hydrogen-bond acceptors (Lipinski definition) is 3. The molecule has 1 amide bonds. The van der Waals surface area contributed by atoms with Gasteiger partial charge in [-0.3, -0.25) is 14.5 Å². The smallest absolute Gasteiger partial charge is 0.349 e. The number of halogens is 3. The van der Waals surface area contributed by atoms with Gasteiger partial charge < -0.3 is 5.32 Å². The Morgan fingerprint density at radius 1 is 1.32 bits per heavy atom. The lowest BCUT2D eigenvalue weighted by molar-refractivity contribution is -0.141. The summed E-state index contributed by atoms with van der Waals surface area (Å²) in [6, 6.07) is 3.78. The maximum absolute atomic E-state index is 12.4. The minimum absolute atomic E-state index is 0.0565. The lowest BCUT2D eigenvalue weighted by atomic mass is 10.0. The van der Waals surface area contributed by atoms with Gasteiger partial charge in [0.25, 0.3) is 5.91 Å². The van der Waals surface area contributed by atoms with Crippen LogP contribution in [0.3, 0.4) is 0 Å².